The zero-order valence-corrected chi connectivity index (χ0v) is 18.5. The second kappa shape index (κ2) is 9.25. The molecule has 2 aromatic rings. The van der Waals surface area contributed by atoms with Gasteiger partial charge in [0.15, 0.2) is 0 Å². The number of carbonyl (C=O) groups excluding carboxylic acids is 1. The Morgan fingerprint density at radius 3 is 2.20 bits per heavy atom. The number of halogens is 7. The lowest BCUT2D eigenvalue weighted by atomic mass is 9.91. The van der Waals surface area contributed by atoms with E-state index < -0.39 is 35.2 Å². The zero-order valence-electron chi connectivity index (χ0n) is 17.8. The van der Waals surface area contributed by atoms with E-state index in [1.807, 2.05) is 0 Å². The van der Waals surface area contributed by atoms with Crippen molar-refractivity contribution in [3.05, 3.63) is 70.3 Å². The number of nitrogens with zero attached hydrogens (tertiary/aromatic N) is 1. The molecule has 0 radical (unpaired) electrons. The molecule has 2 aromatic carbocycles. The zero-order chi connectivity index (χ0) is 25.4. The van der Waals surface area contributed by atoms with Crippen LogP contribution in [0.3, 0.4) is 0 Å². The van der Waals surface area contributed by atoms with Gasteiger partial charge in [0.05, 0.1) is 27.5 Å². The summed E-state index contributed by atoms with van der Waals surface area (Å²) in [4.78, 5) is 23.1. The maximum absolute atomic E-state index is 12.9. The first-order valence-electron chi connectivity index (χ1n) is 10.3. The van der Waals surface area contributed by atoms with Crippen molar-refractivity contribution in [3.8, 4) is 0 Å². The lowest BCUT2D eigenvalue weighted by Gasteiger charge is -2.35. The number of nitrogens with one attached hydrogen (secondary N) is 2. The van der Waals surface area contributed by atoms with Gasteiger partial charge in [0.1, 0.15) is 5.60 Å². The molecule has 1 saturated heterocycles. The van der Waals surface area contributed by atoms with Crippen molar-refractivity contribution in [2.45, 2.75) is 30.8 Å². The third-order valence-corrected chi connectivity index (χ3v) is 5.94. The van der Waals surface area contributed by atoms with Crippen molar-refractivity contribution in [1.29, 1.82) is 0 Å². The largest absolute Gasteiger partial charge is 0.430 e. The molecule has 13 heteroatoms. The minimum atomic E-state index is -4.60. The van der Waals surface area contributed by atoms with Gasteiger partial charge in [-0.1, -0.05) is 23.7 Å². The number of alkyl halides is 6. The van der Waals surface area contributed by atoms with Crippen LogP contribution in [0.5, 0.6) is 0 Å². The van der Waals surface area contributed by atoms with Crippen molar-refractivity contribution in [1.82, 2.24) is 10.5 Å². The molecule has 35 heavy (non-hydrogen) atoms. The SMILES string of the molecule is O=C(Nc1cc(C(F)(F)F)ccc1Cl)ON1CCC2(C=C(c3ccc(C(F)(F)F)cc3)NO2)CC1. The van der Waals surface area contributed by atoms with Crippen molar-refractivity contribution < 1.29 is 40.8 Å². The third kappa shape index (κ3) is 5.82. The van der Waals surface area contributed by atoms with E-state index in [0.29, 0.717) is 30.2 Å². The van der Waals surface area contributed by atoms with Gasteiger partial charge in [-0.05, 0) is 54.8 Å². The van der Waals surface area contributed by atoms with E-state index >= 15 is 0 Å². The molecule has 0 aromatic heterocycles. The molecule has 1 spiro atoms. The maximum atomic E-state index is 12.9. The number of benzene rings is 2. The van der Waals surface area contributed by atoms with Crippen molar-refractivity contribution in [2.75, 3.05) is 18.4 Å². The van der Waals surface area contributed by atoms with Crippen LogP contribution in [0.2, 0.25) is 5.02 Å². The Bertz CT molecular complexity index is 1130. The topological polar surface area (TPSA) is 62.8 Å². The molecule has 6 nitrogen and oxygen atoms in total. The fourth-order valence-corrected chi connectivity index (χ4v) is 3.87. The highest BCUT2D eigenvalue weighted by molar-refractivity contribution is 6.33. The average molecular weight is 522 g/mol. The highest BCUT2D eigenvalue weighted by atomic mass is 35.5. The molecule has 0 atom stereocenters. The van der Waals surface area contributed by atoms with Crippen LogP contribution >= 0.6 is 11.6 Å². The number of piperidine rings is 1. The van der Waals surface area contributed by atoms with Gasteiger partial charge in [-0.25, -0.2) is 4.79 Å². The van der Waals surface area contributed by atoms with E-state index in [4.69, 9.17) is 21.3 Å². The van der Waals surface area contributed by atoms with Crippen LogP contribution in [-0.4, -0.2) is 29.8 Å². The molecule has 0 unspecified atom stereocenters. The molecule has 4 rings (SSSR count). The Morgan fingerprint density at radius 2 is 1.60 bits per heavy atom. The highest BCUT2D eigenvalue weighted by Gasteiger charge is 2.40. The first kappa shape index (κ1) is 25.1. The molecule has 1 fully saturated rings. The minimum Gasteiger partial charge on any atom is -0.351 e. The number of carbonyl (C=O) groups is 1. The molecule has 0 aliphatic carbocycles. The van der Waals surface area contributed by atoms with Gasteiger partial charge in [-0.3, -0.25) is 15.6 Å². The monoisotopic (exact) mass is 521 g/mol. The summed E-state index contributed by atoms with van der Waals surface area (Å²) in [5.41, 5.74) is 1.05. The van der Waals surface area contributed by atoms with E-state index in [1.165, 1.54) is 17.2 Å². The molecule has 188 valence electrons. The summed E-state index contributed by atoms with van der Waals surface area (Å²) in [6, 6.07) is 7.17. The molecule has 2 heterocycles. The number of anilines is 1. The number of hydrogen-bond donors (Lipinski definition) is 2. The lowest BCUT2D eigenvalue weighted by molar-refractivity contribution is -0.153. The average Bonchev–Trinajstić information content (AvgIpc) is 3.19. The van der Waals surface area contributed by atoms with Crippen LogP contribution < -0.4 is 10.8 Å². The smallest absolute Gasteiger partial charge is 0.351 e. The summed E-state index contributed by atoms with van der Waals surface area (Å²) >= 11 is 5.87. The van der Waals surface area contributed by atoms with E-state index in [2.05, 4.69) is 10.8 Å². The quantitative estimate of drug-likeness (QED) is 0.467. The van der Waals surface area contributed by atoms with Gasteiger partial charge in [0, 0.05) is 13.1 Å². The number of hydroxylamine groups is 3. The number of amides is 1. The van der Waals surface area contributed by atoms with Crippen LogP contribution in [0.25, 0.3) is 5.70 Å². The summed E-state index contributed by atoms with van der Waals surface area (Å²) in [6.07, 6.45) is -7.51. The van der Waals surface area contributed by atoms with Gasteiger partial charge in [0.2, 0.25) is 0 Å². The minimum absolute atomic E-state index is 0.0843. The summed E-state index contributed by atoms with van der Waals surface area (Å²) in [5, 5.41) is 3.45. The number of hydrogen-bond acceptors (Lipinski definition) is 5. The molecule has 0 saturated carbocycles. The standard InChI is InChI=1S/C22H18ClF6N3O3/c23-16-6-5-15(22(27,28)29)11-17(16)30-19(33)34-32-9-7-20(8-10-32)12-18(31-35-20)13-1-3-14(4-2-13)21(24,25)26/h1-6,11-12,31H,7-10H2,(H,30,33). The summed E-state index contributed by atoms with van der Waals surface area (Å²) in [7, 11) is 0. The van der Waals surface area contributed by atoms with E-state index in [0.717, 1.165) is 24.3 Å². The molecule has 2 N–H and O–H groups in total. The van der Waals surface area contributed by atoms with E-state index in [9.17, 15) is 31.1 Å². The molecular formula is C22H18ClF6N3O3. The summed E-state index contributed by atoms with van der Waals surface area (Å²) in [5.74, 6) is 0. The molecule has 0 bridgehead atoms. The Labute approximate surface area is 200 Å². The van der Waals surface area contributed by atoms with Crippen LogP contribution in [0.4, 0.5) is 36.8 Å². The van der Waals surface area contributed by atoms with Gasteiger partial charge >= 0.3 is 18.4 Å². The van der Waals surface area contributed by atoms with Crippen molar-refractivity contribution in [3.63, 3.8) is 0 Å². The maximum Gasteiger partial charge on any atom is 0.430 e. The lowest BCUT2D eigenvalue weighted by Crippen LogP contribution is -2.45. The predicted molar refractivity (Wildman–Crippen MR) is 114 cm³/mol. The predicted octanol–water partition coefficient (Wildman–Crippen LogP) is 6.25. The van der Waals surface area contributed by atoms with Gasteiger partial charge < -0.3 is 4.84 Å². The Balaban J connectivity index is 1.34. The van der Waals surface area contributed by atoms with Crippen molar-refractivity contribution in [2.24, 2.45) is 0 Å². The number of rotatable bonds is 3. The van der Waals surface area contributed by atoms with Crippen LogP contribution in [-0.2, 0) is 22.0 Å². The third-order valence-electron chi connectivity index (χ3n) is 5.61. The second-order valence-electron chi connectivity index (χ2n) is 8.03. The molecule has 2 aliphatic rings. The van der Waals surface area contributed by atoms with Gasteiger partial charge in [0.25, 0.3) is 0 Å². The summed E-state index contributed by atoms with van der Waals surface area (Å²) < 4.78 is 77.0. The second-order valence-corrected chi connectivity index (χ2v) is 8.43. The fraction of sp³-hybridized carbons (Fsp3) is 0.318. The van der Waals surface area contributed by atoms with Crippen LogP contribution in [0, 0.1) is 0 Å². The van der Waals surface area contributed by atoms with Crippen molar-refractivity contribution >= 4 is 29.1 Å². The first-order valence-corrected chi connectivity index (χ1v) is 10.7. The first-order chi connectivity index (χ1) is 16.3. The molecule has 2 aliphatic heterocycles. The highest BCUT2D eigenvalue weighted by Crippen LogP contribution is 2.37. The van der Waals surface area contributed by atoms with Crippen LogP contribution in [0.15, 0.2) is 48.5 Å². The Hall–Kier alpha value is -2.96. The van der Waals surface area contributed by atoms with Gasteiger partial charge in [-0.15, -0.1) is 5.06 Å². The normalized spacial score (nSPS) is 18.2. The van der Waals surface area contributed by atoms with Crippen LogP contribution in [0.1, 0.15) is 29.5 Å². The van der Waals surface area contributed by atoms with E-state index in [1.54, 1.807) is 6.08 Å². The molecular weight excluding hydrogens is 504 g/mol. The Kier molecular flexibility index (Phi) is 6.64. The fourth-order valence-electron chi connectivity index (χ4n) is 3.71. The Morgan fingerprint density at radius 1 is 1.00 bits per heavy atom. The molecule has 1 amide bonds. The van der Waals surface area contributed by atoms with E-state index in [-0.39, 0.29) is 23.8 Å². The summed E-state index contributed by atoms with van der Waals surface area (Å²) in [6.45, 7) is 0.477. The van der Waals surface area contributed by atoms with Gasteiger partial charge in [-0.2, -0.15) is 26.3 Å².